The van der Waals surface area contributed by atoms with Crippen molar-refractivity contribution in [2.24, 2.45) is 5.92 Å². The minimum atomic E-state index is -0.570. The molecule has 0 saturated heterocycles. The SMILES string of the molecule is CS(=O)CCCC1CCCCC1.Cc1ccc(O)cc1. The van der Waals surface area contributed by atoms with Gasteiger partial charge in [-0.15, -0.1) is 0 Å². The number of hydrogen-bond acceptors (Lipinski definition) is 2. The fourth-order valence-electron chi connectivity index (χ4n) is 2.60. The third-order valence-corrected chi connectivity index (χ3v) is 4.67. The molecule has 2 nitrogen and oxygen atoms in total. The van der Waals surface area contributed by atoms with Crippen molar-refractivity contribution >= 4 is 10.8 Å². The molecule has 2 rings (SSSR count). The summed E-state index contributed by atoms with van der Waals surface area (Å²) >= 11 is 0. The van der Waals surface area contributed by atoms with Crippen LogP contribution in [0.5, 0.6) is 5.75 Å². The van der Waals surface area contributed by atoms with Crippen LogP contribution in [0.3, 0.4) is 0 Å². The summed E-state index contributed by atoms with van der Waals surface area (Å²) in [5.74, 6) is 2.20. The molecule has 1 aromatic carbocycles. The van der Waals surface area contributed by atoms with Crippen LogP contribution in [0.25, 0.3) is 0 Å². The highest BCUT2D eigenvalue weighted by Crippen LogP contribution is 2.27. The van der Waals surface area contributed by atoms with Gasteiger partial charge in [0, 0.05) is 22.8 Å². The molecule has 0 bridgehead atoms. The van der Waals surface area contributed by atoms with E-state index in [2.05, 4.69) is 0 Å². The fraction of sp³-hybridized carbons (Fsp3) is 0.647. The van der Waals surface area contributed by atoms with Crippen LogP contribution in [-0.2, 0) is 10.8 Å². The molecule has 1 unspecified atom stereocenters. The van der Waals surface area contributed by atoms with Gasteiger partial charge in [-0.2, -0.15) is 0 Å². The first-order valence-corrected chi connectivity index (χ1v) is 9.36. The van der Waals surface area contributed by atoms with E-state index in [1.54, 1.807) is 18.4 Å². The van der Waals surface area contributed by atoms with Gasteiger partial charge in [0.1, 0.15) is 5.75 Å². The van der Waals surface area contributed by atoms with Crippen molar-refractivity contribution in [2.75, 3.05) is 12.0 Å². The van der Waals surface area contributed by atoms with Gasteiger partial charge in [0.2, 0.25) is 0 Å². The maximum atomic E-state index is 10.8. The van der Waals surface area contributed by atoms with E-state index >= 15 is 0 Å². The molecule has 1 fully saturated rings. The second-order valence-corrected chi connectivity index (χ2v) is 7.31. The van der Waals surface area contributed by atoms with Gasteiger partial charge in [-0.1, -0.05) is 49.8 Å². The number of benzene rings is 1. The predicted molar refractivity (Wildman–Crippen MR) is 87.6 cm³/mol. The molecule has 20 heavy (non-hydrogen) atoms. The lowest BCUT2D eigenvalue weighted by Gasteiger charge is -2.20. The van der Waals surface area contributed by atoms with Crippen molar-refractivity contribution in [3.05, 3.63) is 29.8 Å². The molecule has 1 aliphatic carbocycles. The van der Waals surface area contributed by atoms with Crippen molar-refractivity contribution in [3.8, 4) is 5.75 Å². The van der Waals surface area contributed by atoms with Gasteiger partial charge in [-0.3, -0.25) is 4.21 Å². The molecule has 0 amide bonds. The van der Waals surface area contributed by atoms with Gasteiger partial charge < -0.3 is 5.11 Å². The van der Waals surface area contributed by atoms with Gasteiger partial charge in [0.15, 0.2) is 0 Å². The number of hydrogen-bond donors (Lipinski definition) is 1. The average molecular weight is 296 g/mol. The van der Waals surface area contributed by atoms with Gasteiger partial charge in [0.05, 0.1) is 0 Å². The standard InChI is InChI=1S/C10H20OS.C7H8O/c1-12(11)9-5-8-10-6-3-2-4-7-10;1-6-2-4-7(8)5-3-6/h10H,2-9H2,1H3;2-5,8H,1H3. The monoisotopic (exact) mass is 296 g/mol. The Hall–Kier alpha value is -0.830. The maximum absolute atomic E-state index is 10.8. The summed E-state index contributed by atoms with van der Waals surface area (Å²) in [5, 5.41) is 8.76. The third kappa shape index (κ3) is 8.36. The van der Waals surface area contributed by atoms with Crippen LogP contribution in [0.4, 0.5) is 0 Å². The van der Waals surface area contributed by atoms with Gasteiger partial charge in [-0.05, 0) is 37.8 Å². The zero-order valence-corrected chi connectivity index (χ0v) is 13.6. The summed E-state index contributed by atoms with van der Waals surface area (Å²) in [6, 6.07) is 7.09. The smallest absolute Gasteiger partial charge is 0.115 e. The molecule has 0 aromatic heterocycles. The number of aromatic hydroxyl groups is 1. The Morgan fingerprint density at radius 2 is 1.75 bits per heavy atom. The summed E-state index contributed by atoms with van der Waals surface area (Å²) in [4.78, 5) is 0. The quantitative estimate of drug-likeness (QED) is 0.892. The normalized spacial score (nSPS) is 17.1. The summed E-state index contributed by atoms with van der Waals surface area (Å²) in [5.41, 5.74) is 1.17. The van der Waals surface area contributed by atoms with Crippen LogP contribution in [0.1, 0.15) is 50.5 Å². The number of phenols is 1. The Morgan fingerprint density at radius 1 is 1.15 bits per heavy atom. The fourth-order valence-corrected chi connectivity index (χ4v) is 3.17. The molecule has 1 saturated carbocycles. The molecular formula is C17H28O2S. The van der Waals surface area contributed by atoms with Gasteiger partial charge in [-0.25, -0.2) is 0 Å². The highest BCUT2D eigenvalue weighted by molar-refractivity contribution is 7.84. The lowest BCUT2D eigenvalue weighted by atomic mass is 9.86. The van der Waals surface area contributed by atoms with E-state index in [-0.39, 0.29) is 0 Å². The molecule has 0 aliphatic heterocycles. The molecule has 1 N–H and O–H groups in total. The molecule has 0 heterocycles. The molecule has 3 heteroatoms. The van der Waals surface area contributed by atoms with Crippen LogP contribution in [0.2, 0.25) is 0 Å². The van der Waals surface area contributed by atoms with E-state index in [0.717, 1.165) is 11.7 Å². The molecular weight excluding hydrogens is 268 g/mol. The molecule has 0 radical (unpaired) electrons. The first-order valence-electron chi connectivity index (χ1n) is 7.63. The van der Waals surface area contributed by atoms with Crippen LogP contribution >= 0.6 is 0 Å². The Balaban J connectivity index is 0.000000217. The van der Waals surface area contributed by atoms with Crippen molar-refractivity contribution in [1.29, 1.82) is 0 Å². The van der Waals surface area contributed by atoms with Crippen molar-refractivity contribution < 1.29 is 9.32 Å². The zero-order valence-electron chi connectivity index (χ0n) is 12.8. The highest BCUT2D eigenvalue weighted by atomic mass is 32.2. The first-order chi connectivity index (χ1) is 9.58. The van der Waals surface area contributed by atoms with E-state index in [9.17, 15) is 4.21 Å². The Morgan fingerprint density at radius 3 is 2.25 bits per heavy atom. The Kier molecular flexibility index (Phi) is 8.59. The van der Waals surface area contributed by atoms with Crippen LogP contribution in [0, 0.1) is 12.8 Å². The van der Waals surface area contributed by atoms with Crippen LogP contribution < -0.4 is 0 Å². The van der Waals surface area contributed by atoms with Crippen molar-refractivity contribution in [2.45, 2.75) is 51.9 Å². The number of aryl methyl sites for hydroxylation is 1. The second-order valence-electron chi connectivity index (χ2n) is 5.76. The number of phenolic OH excluding ortho intramolecular Hbond substituents is 1. The topological polar surface area (TPSA) is 37.3 Å². The summed E-state index contributed by atoms with van der Waals surface area (Å²) < 4.78 is 10.8. The van der Waals surface area contributed by atoms with E-state index in [0.29, 0.717) is 5.75 Å². The minimum Gasteiger partial charge on any atom is -0.508 e. The minimum absolute atomic E-state index is 0.329. The van der Waals surface area contributed by atoms with Gasteiger partial charge in [0.25, 0.3) is 0 Å². The van der Waals surface area contributed by atoms with E-state index < -0.39 is 10.8 Å². The van der Waals surface area contributed by atoms with E-state index in [1.165, 1.54) is 50.5 Å². The molecule has 1 aromatic rings. The summed E-state index contributed by atoms with van der Waals surface area (Å²) in [6.07, 6.45) is 11.5. The third-order valence-electron chi connectivity index (χ3n) is 3.80. The molecule has 1 aliphatic rings. The first kappa shape index (κ1) is 17.2. The summed E-state index contributed by atoms with van der Waals surface area (Å²) in [7, 11) is -0.570. The largest absolute Gasteiger partial charge is 0.508 e. The average Bonchev–Trinajstić information content (AvgIpc) is 2.44. The van der Waals surface area contributed by atoms with Crippen LogP contribution in [0.15, 0.2) is 24.3 Å². The Labute approximate surface area is 126 Å². The van der Waals surface area contributed by atoms with Crippen LogP contribution in [-0.4, -0.2) is 21.3 Å². The van der Waals surface area contributed by atoms with E-state index in [4.69, 9.17) is 5.11 Å². The predicted octanol–water partition coefficient (Wildman–Crippen LogP) is 4.43. The van der Waals surface area contributed by atoms with Crippen molar-refractivity contribution in [3.63, 3.8) is 0 Å². The lowest BCUT2D eigenvalue weighted by Crippen LogP contribution is -2.07. The lowest BCUT2D eigenvalue weighted by molar-refractivity contribution is 0.337. The number of rotatable bonds is 4. The Bertz CT molecular complexity index is 359. The van der Waals surface area contributed by atoms with Gasteiger partial charge >= 0.3 is 0 Å². The molecule has 1 atom stereocenters. The molecule has 114 valence electrons. The maximum Gasteiger partial charge on any atom is 0.115 e. The van der Waals surface area contributed by atoms with Crippen molar-refractivity contribution in [1.82, 2.24) is 0 Å². The highest BCUT2D eigenvalue weighted by Gasteiger charge is 2.12. The summed E-state index contributed by atoms with van der Waals surface area (Å²) in [6.45, 7) is 1.99. The second kappa shape index (κ2) is 9.98. The molecule has 0 spiro atoms. The van der Waals surface area contributed by atoms with E-state index in [1.807, 2.05) is 19.1 Å². The zero-order chi connectivity index (χ0) is 14.8.